The van der Waals surface area contributed by atoms with Crippen molar-refractivity contribution in [1.29, 1.82) is 5.26 Å². The van der Waals surface area contributed by atoms with Crippen LogP contribution < -0.4 is 0 Å². The van der Waals surface area contributed by atoms with Gasteiger partial charge >= 0.3 is 0 Å². The van der Waals surface area contributed by atoms with Crippen LogP contribution in [0.1, 0.15) is 37.7 Å². The lowest BCUT2D eigenvalue weighted by Gasteiger charge is -2.31. The third-order valence-electron chi connectivity index (χ3n) is 5.11. The topological polar surface area (TPSA) is 61.2 Å². The van der Waals surface area contributed by atoms with Crippen molar-refractivity contribution in [2.24, 2.45) is 5.92 Å². The van der Waals surface area contributed by atoms with Crippen LogP contribution >= 0.6 is 0 Å². The number of fused-ring (bicyclic) bond motifs is 1. The van der Waals surface area contributed by atoms with Gasteiger partial charge in [-0.3, -0.25) is 4.90 Å². The number of nitriles is 1. The van der Waals surface area contributed by atoms with Gasteiger partial charge in [0.25, 0.3) is 0 Å². The van der Waals surface area contributed by atoms with E-state index in [-0.39, 0.29) is 5.75 Å². The molecule has 3 rings (SSSR count). The summed E-state index contributed by atoms with van der Waals surface area (Å²) < 4.78 is 24.9. The zero-order valence-electron chi connectivity index (χ0n) is 12.7. The van der Waals surface area contributed by atoms with E-state index < -0.39 is 9.84 Å². The molecule has 4 nitrogen and oxygen atoms in total. The van der Waals surface area contributed by atoms with Crippen molar-refractivity contribution >= 4 is 9.84 Å². The SMILES string of the molecule is N#Cc1ccc(S(=O)(=O)CCN2CC[C@@H]3CCCC[C@@H]32)cc1. The Labute approximate surface area is 132 Å². The minimum Gasteiger partial charge on any atom is -0.299 e. The molecule has 0 bridgehead atoms. The molecule has 2 atom stereocenters. The van der Waals surface area contributed by atoms with Gasteiger partial charge < -0.3 is 0 Å². The molecule has 22 heavy (non-hydrogen) atoms. The van der Waals surface area contributed by atoms with Crippen LogP contribution in [0.3, 0.4) is 0 Å². The lowest BCUT2D eigenvalue weighted by atomic mass is 9.85. The molecule has 2 aliphatic rings. The standard InChI is InChI=1S/C17H22N2O2S/c18-13-14-5-7-16(8-6-14)22(20,21)12-11-19-10-9-15-3-1-2-4-17(15)19/h5-8,15,17H,1-4,9-12H2/t15-,17-/m0/s1. The Hall–Kier alpha value is -1.38. The molecule has 0 spiro atoms. The number of sulfone groups is 1. The van der Waals surface area contributed by atoms with Gasteiger partial charge in [-0.25, -0.2) is 8.42 Å². The zero-order valence-corrected chi connectivity index (χ0v) is 13.6. The van der Waals surface area contributed by atoms with E-state index in [1.165, 1.54) is 32.1 Å². The summed E-state index contributed by atoms with van der Waals surface area (Å²) in [6.45, 7) is 1.67. The lowest BCUT2D eigenvalue weighted by Crippen LogP contribution is -2.37. The maximum atomic E-state index is 12.4. The van der Waals surface area contributed by atoms with E-state index in [9.17, 15) is 8.42 Å². The predicted octanol–water partition coefficient (Wildman–Crippen LogP) is 2.60. The molecule has 0 radical (unpaired) electrons. The van der Waals surface area contributed by atoms with Crippen LogP contribution in [0, 0.1) is 17.2 Å². The van der Waals surface area contributed by atoms with Gasteiger partial charge in [0.1, 0.15) is 0 Å². The van der Waals surface area contributed by atoms with Crippen LogP contribution in [0.5, 0.6) is 0 Å². The number of likely N-dealkylation sites (tertiary alicyclic amines) is 1. The minimum atomic E-state index is -3.26. The van der Waals surface area contributed by atoms with E-state index in [0.29, 0.717) is 23.0 Å². The fraction of sp³-hybridized carbons (Fsp3) is 0.588. The minimum absolute atomic E-state index is 0.169. The van der Waals surface area contributed by atoms with Crippen molar-refractivity contribution in [1.82, 2.24) is 4.90 Å². The Bertz CT molecular complexity index is 661. The molecule has 1 aliphatic carbocycles. The number of hydrogen-bond acceptors (Lipinski definition) is 4. The first-order chi connectivity index (χ1) is 10.6. The fourth-order valence-corrected chi connectivity index (χ4v) is 5.13. The van der Waals surface area contributed by atoms with Crippen molar-refractivity contribution in [2.75, 3.05) is 18.8 Å². The summed E-state index contributed by atoms with van der Waals surface area (Å²) in [5, 5.41) is 8.78. The Morgan fingerprint density at radius 3 is 2.59 bits per heavy atom. The molecule has 1 aromatic rings. The summed E-state index contributed by atoms with van der Waals surface area (Å²) in [6.07, 6.45) is 6.37. The van der Waals surface area contributed by atoms with E-state index in [2.05, 4.69) is 4.90 Å². The molecule has 0 N–H and O–H groups in total. The van der Waals surface area contributed by atoms with E-state index in [1.807, 2.05) is 6.07 Å². The molecule has 0 amide bonds. The smallest absolute Gasteiger partial charge is 0.179 e. The first-order valence-electron chi connectivity index (χ1n) is 8.07. The first kappa shape index (κ1) is 15.5. The van der Waals surface area contributed by atoms with Crippen LogP contribution in [0.25, 0.3) is 0 Å². The van der Waals surface area contributed by atoms with Gasteiger partial charge in [0.2, 0.25) is 0 Å². The summed E-state index contributed by atoms with van der Waals surface area (Å²) in [5.41, 5.74) is 0.489. The molecular formula is C17H22N2O2S. The summed E-state index contributed by atoms with van der Waals surface area (Å²) in [7, 11) is -3.26. The average Bonchev–Trinajstić information content (AvgIpc) is 2.96. The maximum Gasteiger partial charge on any atom is 0.179 e. The van der Waals surface area contributed by atoms with Crippen LogP contribution in [0.2, 0.25) is 0 Å². The molecule has 1 saturated heterocycles. The highest BCUT2D eigenvalue weighted by atomic mass is 32.2. The fourth-order valence-electron chi connectivity index (χ4n) is 3.87. The number of nitrogens with zero attached hydrogens (tertiary/aromatic N) is 2. The Morgan fingerprint density at radius 2 is 1.86 bits per heavy atom. The maximum absolute atomic E-state index is 12.4. The first-order valence-corrected chi connectivity index (χ1v) is 9.72. The van der Waals surface area contributed by atoms with Crippen molar-refractivity contribution < 1.29 is 8.42 Å². The second kappa shape index (κ2) is 6.39. The summed E-state index contributed by atoms with van der Waals surface area (Å²) >= 11 is 0. The highest BCUT2D eigenvalue weighted by Gasteiger charge is 2.35. The highest BCUT2D eigenvalue weighted by molar-refractivity contribution is 7.91. The molecule has 118 valence electrons. The zero-order chi connectivity index (χ0) is 15.6. The van der Waals surface area contributed by atoms with Gasteiger partial charge in [0.05, 0.1) is 22.3 Å². The number of hydrogen-bond donors (Lipinski definition) is 0. The van der Waals surface area contributed by atoms with E-state index in [1.54, 1.807) is 24.3 Å². The van der Waals surface area contributed by atoms with Crippen molar-refractivity contribution in [3.8, 4) is 6.07 Å². The van der Waals surface area contributed by atoms with Gasteiger partial charge in [-0.05, 0) is 56.0 Å². The molecule has 1 saturated carbocycles. The van der Waals surface area contributed by atoms with Crippen LogP contribution in [0.4, 0.5) is 0 Å². The molecule has 0 aromatic heterocycles. The lowest BCUT2D eigenvalue weighted by molar-refractivity contribution is 0.191. The normalized spacial score (nSPS) is 25.6. The van der Waals surface area contributed by atoms with E-state index in [4.69, 9.17) is 5.26 Å². The van der Waals surface area contributed by atoms with Gasteiger partial charge in [0.15, 0.2) is 9.84 Å². The predicted molar refractivity (Wildman–Crippen MR) is 85.1 cm³/mol. The average molecular weight is 318 g/mol. The van der Waals surface area contributed by atoms with Crippen LogP contribution in [-0.2, 0) is 9.84 Å². The summed E-state index contributed by atoms with van der Waals surface area (Å²) in [5.74, 6) is 0.952. The second-order valence-corrected chi connectivity index (χ2v) is 8.50. The number of rotatable bonds is 4. The van der Waals surface area contributed by atoms with Gasteiger partial charge in [-0.15, -0.1) is 0 Å². The van der Waals surface area contributed by atoms with Crippen LogP contribution in [-0.4, -0.2) is 38.2 Å². The summed E-state index contributed by atoms with van der Waals surface area (Å²) in [4.78, 5) is 2.70. The quantitative estimate of drug-likeness (QED) is 0.856. The van der Waals surface area contributed by atoms with Gasteiger partial charge in [0, 0.05) is 12.6 Å². The summed E-state index contributed by atoms with van der Waals surface area (Å²) in [6, 6.07) is 8.84. The molecular weight excluding hydrogens is 296 g/mol. The van der Waals surface area contributed by atoms with Gasteiger partial charge in [-0.1, -0.05) is 12.8 Å². The molecule has 5 heteroatoms. The third kappa shape index (κ3) is 3.18. The Morgan fingerprint density at radius 1 is 1.14 bits per heavy atom. The highest BCUT2D eigenvalue weighted by Crippen LogP contribution is 2.35. The van der Waals surface area contributed by atoms with E-state index >= 15 is 0 Å². The van der Waals surface area contributed by atoms with Crippen LogP contribution in [0.15, 0.2) is 29.2 Å². The second-order valence-electron chi connectivity index (χ2n) is 6.39. The molecule has 1 heterocycles. The van der Waals surface area contributed by atoms with Crippen molar-refractivity contribution in [3.63, 3.8) is 0 Å². The number of benzene rings is 1. The molecule has 0 unspecified atom stereocenters. The molecule has 1 aliphatic heterocycles. The Kier molecular flexibility index (Phi) is 4.51. The van der Waals surface area contributed by atoms with E-state index in [0.717, 1.165) is 12.5 Å². The third-order valence-corrected chi connectivity index (χ3v) is 6.83. The largest absolute Gasteiger partial charge is 0.299 e. The molecule has 2 fully saturated rings. The monoisotopic (exact) mass is 318 g/mol. The van der Waals surface area contributed by atoms with Crippen molar-refractivity contribution in [2.45, 2.75) is 43.0 Å². The Balaban J connectivity index is 1.63. The van der Waals surface area contributed by atoms with Gasteiger partial charge in [-0.2, -0.15) is 5.26 Å². The van der Waals surface area contributed by atoms with Crippen molar-refractivity contribution in [3.05, 3.63) is 29.8 Å². The molecule has 1 aromatic carbocycles.